The highest BCUT2D eigenvalue weighted by Gasteiger charge is 2.18. The van der Waals surface area contributed by atoms with Crippen LogP contribution in [0.5, 0.6) is 0 Å². The number of carbonyl (C=O) groups is 1. The Labute approximate surface area is 131 Å². The highest BCUT2D eigenvalue weighted by atomic mass is 16.1. The topological polar surface area (TPSA) is 30.0 Å². The molecule has 1 aliphatic rings. The van der Waals surface area contributed by atoms with Gasteiger partial charge in [-0.3, -0.25) is 9.78 Å². The first-order chi connectivity index (χ1) is 10.8. The van der Waals surface area contributed by atoms with Crippen LogP contribution in [0.15, 0.2) is 42.6 Å². The molecule has 0 atom stereocenters. The third-order valence-corrected chi connectivity index (χ3v) is 4.23. The van der Waals surface area contributed by atoms with Gasteiger partial charge >= 0.3 is 0 Å². The number of pyridine rings is 1. The van der Waals surface area contributed by atoms with Crippen LogP contribution in [0.4, 0.5) is 0 Å². The van der Waals surface area contributed by atoms with Crippen molar-refractivity contribution in [3.05, 3.63) is 70.6 Å². The molecule has 0 spiro atoms. The maximum absolute atomic E-state index is 11.8. The fourth-order valence-electron chi connectivity index (χ4n) is 2.82. The minimum atomic E-state index is 0.283. The van der Waals surface area contributed by atoms with E-state index in [-0.39, 0.29) is 5.78 Å². The number of hydrogen-bond acceptors (Lipinski definition) is 2. The summed E-state index contributed by atoms with van der Waals surface area (Å²) < 4.78 is 0. The molecule has 0 aliphatic heterocycles. The molecule has 1 aliphatic carbocycles. The molecule has 0 amide bonds. The Balaban J connectivity index is 1.58. The maximum atomic E-state index is 11.8. The lowest BCUT2D eigenvalue weighted by Gasteiger charge is -2.01. The van der Waals surface area contributed by atoms with Gasteiger partial charge in [-0.25, -0.2) is 0 Å². The number of Topliss-reactive ketones (excluding diaryl/α,β-unsaturated/α-hetero) is 1. The molecule has 0 radical (unpaired) electrons. The first-order valence-corrected chi connectivity index (χ1v) is 8.02. The van der Waals surface area contributed by atoms with Crippen molar-refractivity contribution in [1.29, 1.82) is 0 Å². The number of aryl methyl sites for hydroxylation is 3. The first kappa shape index (κ1) is 14.7. The Bertz CT molecular complexity index is 698. The van der Waals surface area contributed by atoms with Crippen LogP contribution in [0.3, 0.4) is 0 Å². The average Bonchev–Trinajstić information content (AvgIpc) is 2.93. The summed E-state index contributed by atoms with van der Waals surface area (Å²) in [6, 6.07) is 10.5. The molecule has 0 bridgehead atoms. The van der Waals surface area contributed by atoms with Gasteiger partial charge in [0.05, 0.1) is 0 Å². The number of carbonyl (C=O) groups excluding carboxylic acids is 1. The van der Waals surface area contributed by atoms with Gasteiger partial charge in [0.25, 0.3) is 0 Å². The van der Waals surface area contributed by atoms with Gasteiger partial charge in [0, 0.05) is 23.9 Å². The SMILES string of the molecule is CCc1ccc(CC/C=C/c2ccc3c(c2)C(=O)CC3)nc1. The van der Waals surface area contributed by atoms with E-state index in [1.54, 1.807) is 0 Å². The van der Waals surface area contributed by atoms with Gasteiger partial charge < -0.3 is 0 Å². The van der Waals surface area contributed by atoms with Crippen LogP contribution in [-0.4, -0.2) is 10.8 Å². The molecule has 0 saturated carbocycles. The molecule has 0 fully saturated rings. The quantitative estimate of drug-likeness (QED) is 0.816. The molecule has 112 valence electrons. The number of aromatic nitrogens is 1. The Morgan fingerprint density at radius 3 is 2.86 bits per heavy atom. The lowest BCUT2D eigenvalue weighted by molar-refractivity contribution is 0.0994. The molecule has 22 heavy (non-hydrogen) atoms. The Hall–Kier alpha value is -2.22. The van der Waals surface area contributed by atoms with E-state index in [1.165, 1.54) is 11.1 Å². The van der Waals surface area contributed by atoms with Gasteiger partial charge in [0.15, 0.2) is 5.78 Å². The Kier molecular flexibility index (Phi) is 4.47. The van der Waals surface area contributed by atoms with E-state index in [9.17, 15) is 4.79 Å². The minimum Gasteiger partial charge on any atom is -0.294 e. The number of ketones is 1. The predicted octanol–water partition coefficient (Wildman–Crippen LogP) is 4.42. The Morgan fingerprint density at radius 1 is 1.18 bits per heavy atom. The smallest absolute Gasteiger partial charge is 0.163 e. The second-order valence-corrected chi connectivity index (χ2v) is 5.79. The molecule has 0 N–H and O–H groups in total. The van der Waals surface area contributed by atoms with Crippen molar-refractivity contribution in [3.8, 4) is 0 Å². The Morgan fingerprint density at radius 2 is 2.09 bits per heavy atom. The summed E-state index contributed by atoms with van der Waals surface area (Å²) in [6.07, 6.45) is 10.7. The summed E-state index contributed by atoms with van der Waals surface area (Å²) in [5, 5.41) is 0. The van der Waals surface area contributed by atoms with E-state index >= 15 is 0 Å². The number of allylic oxidation sites excluding steroid dienone is 1. The number of nitrogens with zero attached hydrogens (tertiary/aromatic N) is 1. The zero-order valence-corrected chi connectivity index (χ0v) is 13.0. The van der Waals surface area contributed by atoms with Gasteiger partial charge in [0.2, 0.25) is 0 Å². The van der Waals surface area contributed by atoms with E-state index in [0.717, 1.165) is 42.5 Å². The summed E-state index contributed by atoms with van der Waals surface area (Å²) in [5.74, 6) is 0.283. The lowest BCUT2D eigenvalue weighted by Crippen LogP contribution is -1.92. The van der Waals surface area contributed by atoms with Crippen molar-refractivity contribution in [1.82, 2.24) is 4.98 Å². The van der Waals surface area contributed by atoms with E-state index in [0.29, 0.717) is 6.42 Å². The fourth-order valence-corrected chi connectivity index (χ4v) is 2.82. The molecular weight excluding hydrogens is 270 g/mol. The van der Waals surface area contributed by atoms with Crippen molar-refractivity contribution in [2.75, 3.05) is 0 Å². The van der Waals surface area contributed by atoms with Gasteiger partial charge in [-0.2, -0.15) is 0 Å². The number of hydrogen-bond donors (Lipinski definition) is 0. The van der Waals surface area contributed by atoms with E-state index in [1.807, 2.05) is 12.3 Å². The zero-order chi connectivity index (χ0) is 15.4. The highest BCUT2D eigenvalue weighted by Crippen LogP contribution is 2.23. The second-order valence-electron chi connectivity index (χ2n) is 5.79. The molecule has 0 saturated heterocycles. The van der Waals surface area contributed by atoms with Crippen LogP contribution in [0.25, 0.3) is 6.08 Å². The van der Waals surface area contributed by atoms with Crippen LogP contribution in [0.2, 0.25) is 0 Å². The number of fused-ring (bicyclic) bond motifs is 1. The normalized spacial score (nSPS) is 13.8. The van der Waals surface area contributed by atoms with Crippen LogP contribution >= 0.6 is 0 Å². The third kappa shape index (κ3) is 3.33. The van der Waals surface area contributed by atoms with E-state index in [4.69, 9.17) is 0 Å². The minimum absolute atomic E-state index is 0.283. The second kappa shape index (κ2) is 6.69. The van der Waals surface area contributed by atoms with Gasteiger partial charge in [-0.05, 0) is 54.5 Å². The van der Waals surface area contributed by atoms with Crippen molar-refractivity contribution in [2.24, 2.45) is 0 Å². The molecule has 1 aromatic carbocycles. The standard InChI is InChI=1S/C20H21NO/c1-2-15-8-11-18(21-14-15)6-4-3-5-16-7-9-17-10-12-20(22)19(17)13-16/h3,5,7-9,11,13-14H,2,4,6,10,12H2,1H3/b5-3+. The van der Waals surface area contributed by atoms with Crippen molar-refractivity contribution < 1.29 is 4.79 Å². The molecule has 1 heterocycles. The average molecular weight is 291 g/mol. The number of benzene rings is 1. The monoisotopic (exact) mass is 291 g/mol. The molecule has 2 heteroatoms. The van der Waals surface area contributed by atoms with E-state index in [2.05, 4.69) is 48.3 Å². The summed E-state index contributed by atoms with van der Waals surface area (Å²) >= 11 is 0. The van der Waals surface area contributed by atoms with Gasteiger partial charge in [-0.1, -0.05) is 37.3 Å². The summed E-state index contributed by atoms with van der Waals surface area (Å²) in [7, 11) is 0. The van der Waals surface area contributed by atoms with E-state index < -0.39 is 0 Å². The number of rotatable bonds is 5. The maximum Gasteiger partial charge on any atom is 0.163 e. The molecular formula is C20H21NO. The largest absolute Gasteiger partial charge is 0.294 e. The van der Waals surface area contributed by atoms with Crippen LogP contribution in [-0.2, 0) is 19.3 Å². The van der Waals surface area contributed by atoms with Crippen LogP contribution < -0.4 is 0 Å². The molecule has 3 rings (SSSR count). The fraction of sp³-hybridized carbons (Fsp3) is 0.300. The first-order valence-electron chi connectivity index (χ1n) is 8.02. The molecule has 2 nitrogen and oxygen atoms in total. The highest BCUT2D eigenvalue weighted by molar-refractivity contribution is 6.00. The van der Waals surface area contributed by atoms with Crippen molar-refractivity contribution >= 4 is 11.9 Å². The summed E-state index contributed by atoms with van der Waals surface area (Å²) in [5.41, 5.74) is 5.64. The molecule has 2 aromatic rings. The van der Waals surface area contributed by atoms with Crippen LogP contribution in [0, 0.1) is 0 Å². The third-order valence-electron chi connectivity index (χ3n) is 4.23. The van der Waals surface area contributed by atoms with Gasteiger partial charge in [0.1, 0.15) is 0 Å². The lowest BCUT2D eigenvalue weighted by atomic mass is 10.1. The molecule has 0 unspecified atom stereocenters. The van der Waals surface area contributed by atoms with Gasteiger partial charge in [-0.15, -0.1) is 0 Å². The summed E-state index contributed by atoms with van der Waals surface area (Å²) in [4.78, 5) is 16.2. The van der Waals surface area contributed by atoms with Crippen molar-refractivity contribution in [2.45, 2.75) is 39.0 Å². The summed E-state index contributed by atoms with van der Waals surface area (Å²) in [6.45, 7) is 2.14. The van der Waals surface area contributed by atoms with Crippen LogP contribution in [0.1, 0.15) is 52.5 Å². The van der Waals surface area contributed by atoms with Crippen molar-refractivity contribution in [3.63, 3.8) is 0 Å². The molecule has 1 aromatic heterocycles. The zero-order valence-electron chi connectivity index (χ0n) is 13.0. The predicted molar refractivity (Wildman–Crippen MR) is 90.1 cm³/mol.